The van der Waals surface area contributed by atoms with Gasteiger partial charge in [-0.1, -0.05) is 59.7 Å². The van der Waals surface area contributed by atoms with Crippen LogP contribution in [-0.4, -0.2) is 22.7 Å². The van der Waals surface area contributed by atoms with Gasteiger partial charge < -0.3 is 15.5 Å². The minimum absolute atomic E-state index is 0.476. The molecule has 2 aromatic rings. The number of carbonyl (C=O) groups is 1. The first-order valence-corrected chi connectivity index (χ1v) is 10.5. The van der Waals surface area contributed by atoms with Crippen LogP contribution >= 0.6 is 0 Å². The summed E-state index contributed by atoms with van der Waals surface area (Å²) in [5.74, 6) is -1.21. The Balaban J connectivity index is 1.90. The Kier molecular flexibility index (Phi) is 5.57. The molecule has 4 rings (SSSR count). The lowest BCUT2D eigenvalue weighted by atomic mass is 9.68. The number of hydrogen-bond acceptors (Lipinski definition) is 3. The summed E-state index contributed by atoms with van der Waals surface area (Å²) in [7, 11) is 0. The minimum Gasteiger partial charge on any atom is -0.479 e. The molecule has 0 radical (unpaired) electrons. The number of carboxylic acids is 1. The first kappa shape index (κ1) is 19.9. The van der Waals surface area contributed by atoms with E-state index in [0.717, 1.165) is 44.2 Å². The molecule has 1 aliphatic heterocycles. The molecule has 0 unspecified atom stereocenters. The Morgan fingerprint density at radius 3 is 2.55 bits per heavy atom. The Labute approximate surface area is 172 Å². The summed E-state index contributed by atoms with van der Waals surface area (Å²) in [5.41, 5.74) is 6.25. The molecule has 2 aromatic carbocycles. The Morgan fingerprint density at radius 2 is 1.79 bits per heavy atom. The molecule has 0 saturated heterocycles. The average molecular weight is 392 g/mol. The summed E-state index contributed by atoms with van der Waals surface area (Å²) in [6.45, 7) is 2.95. The first-order valence-electron chi connectivity index (χ1n) is 10.5. The van der Waals surface area contributed by atoms with Gasteiger partial charge in [0.2, 0.25) is 0 Å². The number of aryl methyl sites for hydroxylation is 1. The van der Waals surface area contributed by atoms with Crippen molar-refractivity contribution in [3.63, 3.8) is 0 Å². The highest BCUT2D eigenvalue weighted by Crippen LogP contribution is 2.46. The van der Waals surface area contributed by atoms with Crippen molar-refractivity contribution in [3.05, 3.63) is 81.9 Å². The van der Waals surface area contributed by atoms with Crippen LogP contribution in [0.2, 0.25) is 0 Å². The van der Waals surface area contributed by atoms with Crippen LogP contribution < -0.4 is 5.32 Å². The van der Waals surface area contributed by atoms with Gasteiger partial charge in [0.1, 0.15) is 0 Å². The van der Waals surface area contributed by atoms with Crippen molar-refractivity contribution >= 4 is 5.97 Å². The minimum atomic E-state index is -1.53. The quantitative estimate of drug-likeness (QED) is 0.660. The van der Waals surface area contributed by atoms with Crippen LogP contribution in [0, 0.1) is 6.92 Å². The van der Waals surface area contributed by atoms with E-state index in [-0.39, 0.29) is 0 Å². The summed E-state index contributed by atoms with van der Waals surface area (Å²) in [5, 5.41) is 23.8. The van der Waals surface area contributed by atoms with E-state index in [4.69, 9.17) is 0 Å². The zero-order chi connectivity index (χ0) is 20.4. The van der Waals surface area contributed by atoms with Crippen molar-refractivity contribution in [1.82, 2.24) is 5.32 Å². The third-order valence-corrected chi connectivity index (χ3v) is 6.49. The second-order valence-corrected chi connectivity index (χ2v) is 8.36. The maximum absolute atomic E-state index is 11.6. The number of aliphatic carboxylic acids is 1. The van der Waals surface area contributed by atoms with Crippen LogP contribution in [-0.2, 0) is 16.8 Å². The van der Waals surface area contributed by atoms with E-state index >= 15 is 0 Å². The van der Waals surface area contributed by atoms with Gasteiger partial charge in [-0.3, -0.25) is 0 Å². The number of rotatable bonds is 5. The maximum Gasteiger partial charge on any atom is 0.337 e. The Bertz CT molecular complexity index is 927. The average Bonchev–Trinajstić information content (AvgIpc) is 2.75. The number of benzene rings is 2. The van der Waals surface area contributed by atoms with Crippen molar-refractivity contribution < 1.29 is 15.0 Å². The van der Waals surface area contributed by atoms with Gasteiger partial charge in [0.05, 0.1) is 5.54 Å². The highest BCUT2D eigenvalue weighted by Gasteiger charge is 2.42. The van der Waals surface area contributed by atoms with Crippen LogP contribution in [0.4, 0.5) is 0 Å². The van der Waals surface area contributed by atoms with Gasteiger partial charge in [-0.15, -0.1) is 0 Å². The molecule has 0 fully saturated rings. The highest BCUT2D eigenvalue weighted by molar-refractivity contribution is 5.75. The van der Waals surface area contributed by atoms with Crippen molar-refractivity contribution in [1.29, 1.82) is 0 Å². The lowest BCUT2D eigenvalue weighted by Gasteiger charge is -2.46. The molecule has 4 heteroatoms. The number of hydrogen-bond donors (Lipinski definition) is 3. The smallest absolute Gasteiger partial charge is 0.337 e. The van der Waals surface area contributed by atoms with Gasteiger partial charge in [-0.05, 0) is 74.3 Å². The predicted octanol–water partition coefficient (Wildman–Crippen LogP) is 4.41. The number of nitrogens with one attached hydrogen (secondary N) is 1. The number of aliphatic hydroxyl groups is 1. The third kappa shape index (κ3) is 3.75. The lowest BCUT2D eigenvalue weighted by Crippen LogP contribution is -2.51. The Hall–Kier alpha value is -2.43. The topological polar surface area (TPSA) is 69.6 Å². The summed E-state index contributed by atoms with van der Waals surface area (Å²) < 4.78 is 0. The summed E-state index contributed by atoms with van der Waals surface area (Å²) in [6, 6.07) is 16.1. The van der Waals surface area contributed by atoms with E-state index in [1.807, 2.05) is 18.2 Å². The fourth-order valence-electron chi connectivity index (χ4n) is 5.08. The van der Waals surface area contributed by atoms with Crippen LogP contribution in [0.5, 0.6) is 0 Å². The van der Waals surface area contributed by atoms with Crippen LogP contribution in [0.15, 0.2) is 59.7 Å². The monoisotopic (exact) mass is 391 g/mol. The SMILES string of the molecule is Cc1ccc(C[C@]2(c3ccccc3[C@H](O)C(=O)O)NCCC3=C2CCCC3)cc1. The first-order chi connectivity index (χ1) is 14.0. The fourth-order valence-corrected chi connectivity index (χ4v) is 5.08. The van der Waals surface area contributed by atoms with E-state index in [2.05, 4.69) is 36.5 Å². The van der Waals surface area contributed by atoms with Crippen LogP contribution in [0.25, 0.3) is 0 Å². The molecule has 152 valence electrons. The molecule has 2 aliphatic rings. The largest absolute Gasteiger partial charge is 0.479 e. The van der Waals surface area contributed by atoms with Gasteiger partial charge in [0, 0.05) is 0 Å². The molecule has 0 bridgehead atoms. The molecule has 29 heavy (non-hydrogen) atoms. The summed E-state index contributed by atoms with van der Waals surface area (Å²) in [6.07, 6.45) is 4.78. The Morgan fingerprint density at radius 1 is 1.07 bits per heavy atom. The molecule has 4 nitrogen and oxygen atoms in total. The van der Waals surface area contributed by atoms with Gasteiger partial charge in [-0.25, -0.2) is 4.79 Å². The molecule has 1 aliphatic carbocycles. The molecule has 1 heterocycles. The summed E-state index contributed by atoms with van der Waals surface area (Å²) >= 11 is 0. The van der Waals surface area contributed by atoms with Crippen molar-refractivity contribution in [2.75, 3.05) is 6.54 Å². The predicted molar refractivity (Wildman–Crippen MR) is 114 cm³/mol. The number of carboxylic acid groups (broad SMARTS) is 1. The molecule has 3 N–H and O–H groups in total. The zero-order valence-electron chi connectivity index (χ0n) is 16.9. The van der Waals surface area contributed by atoms with Gasteiger partial charge in [0.25, 0.3) is 0 Å². The van der Waals surface area contributed by atoms with Gasteiger partial charge in [-0.2, -0.15) is 0 Å². The fraction of sp³-hybridized carbons (Fsp3) is 0.400. The van der Waals surface area contributed by atoms with Crippen molar-refractivity contribution in [2.45, 2.75) is 57.1 Å². The van der Waals surface area contributed by atoms with E-state index < -0.39 is 17.6 Å². The molecular formula is C25H29NO3. The summed E-state index contributed by atoms with van der Waals surface area (Å²) in [4.78, 5) is 11.6. The van der Waals surface area contributed by atoms with E-state index in [1.54, 1.807) is 6.07 Å². The standard InChI is InChI=1S/C25H29NO3/c1-17-10-12-18(13-11-17)16-25(21-8-4-2-6-19(21)14-15-26-25)22-9-5-3-7-20(22)23(27)24(28)29/h3,5,7,9-13,23,26-27H,2,4,6,8,14-16H2,1H3,(H,28,29)/t23-,25-/m0/s1. The van der Waals surface area contributed by atoms with E-state index in [9.17, 15) is 15.0 Å². The van der Waals surface area contributed by atoms with Crippen LogP contribution in [0.1, 0.15) is 60.5 Å². The molecule has 0 saturated carbocycles. The number of aliphatic hydroxyl groups excluding tert-OH is 1. The maximum atomic E-state index is 11.6. The van der Waals surface area contributed by atoms with E-state index in [0.29, 0.717) is 5.56 Å². The normalized spacial score (nSPS) is 22.8. The molecule has 0 amide bonds. The highest BCUT2D eigenvalue weighted by atomic mass is 16.4. The second-order valence-electron chi connectivity index (χ2n) is 8.36. The van der Waals surface area contributed by atoms with Crippen molar-refractivity contribution in [2.24, 2.45) is 0 Å². The molecule has 2 atom stereocenters. The van der Waals surface area contributed by atoms with Gasteiger partial charge in [0.15, 0.2) is 6.10 Å². The van der Waals surface area contributed by atoms with Crippen LogP contribution in [0.3, 0.4) is 0 Å². The van der Waals surface area contributed by atoms with Gasteiger partial charge >= 0.3 is 5.97 Å². The molecule has 0 spiro atoms. The second kappa shape index (κ2) is 8.13. The molecular weight excluding hydrogens is 362 g/mol. The van der Waals surface area contributed by atoms with E-state index in [1.165, 1.54) is 28.7 Å². The zero-order valence-corrected chi connectivity index (χ0v) is 16.9. The van der Waals surface area contributed by atoms with Crippen molar-refractivity contribution in [3.8, 4) is 0 Å². The lowest BCUT2D eigenvalue weighted by molar-refractivity contribution is -0.147. The third-order valence-electron chi connectivity index (χ3n) is 6.49. The molecule has 0 aromatic heterocycles.